The van der Waals surface area contributed by atoms with Crippen LogP contribution in [-0.4, -0.2) is 48.8 Å². The van der Waals surface area contributed by atoms with Crippen molar-refractivity contribution in [2.24, 2.45) is 0 Å². The van der Waals surface area contributed by atoms with E-state index in [-0.39, 0.29) is 36.7 Å². The summed E-state index contributed by atoms with van der Waals surface area (Å²) in [4.78, 5) is 52.8. The molecule has 10 heteroatoms. The van der Waals surface area contributed by atoms with Gasteiger partial charge in [-0.1, -0.05) is 181 Å². The summed E-state index contributed by atoms with van der Waals surface area (Å²) in [6.07, 6.45) is 0. The van der Waals surface area contributed by atoms with E-state index in [1.54, 1.807) is 26.0 Å². The van der Waals surface area contributed by atoms with Crippen LogP contribution in [0.4, 0.5) is 0 Å². The lowest BCUT2D eigenvalue weighted by Crippen LogP contribution is -2.45. The van der Waals surface area contributed by atoms with Gasteiger partial charge in [0.25, 0.3) is 11.8 Å². The second-order valence-electron chi connectivity index (χ2n) is 15.1. The van der Waals surface area contributed by atoms with E-state index in [1.165, 1.54) is 21.2 Å². The molecule has 7 aromatic carbocycles. The van der Waals surface area contributed by atoms with Crippen molar-refractivity contribution in [3.63, 3.8) is 0 Å². The fraction of sp³-hybridized carbons (Fsp3) is 0.107. The Labute approximate surface area is 389 Å². The van der Waals surface area contributed by atoms with Gasteiger partial charge in [0, 0.05) is 22.3 Å². The highest BCUT2D eigenvalue weighted by atomic mass is 31.1. The van der Waals surface area contributed by atoms with Crippen molar-refractivity contribution in [3.05, 3.63) is 216 Å². The molecule has 7 rings (SSSR count). The molecule has 0 spiro atoms. The average molecular weight is 903 g/mol. The van der Waals surface area contributed by atoms with Crippen LogP contribution < -0.4 is 53.1 Å². The average Bonchev–Trinajstić information content (AvgIpc) is 3.36. The van der Waals surface area contributed by atoms with Crippen molar-refractivity contribution < 1.29 is 19.2 Å². The Morgan fingerprint density at radius 3 is 1.05 bits per heavy atom. The SMILES string of the molecule is C[C@H](NC(=O)c1cccc(P(c2ccccc2)c2ccccc2)c1)C(=O)NCC#Cc1ccccc1C#CCNC(=O)[C@H](C)NC(=O)c1cccc(P(c2ccccc2)c2ccccc2)c1. The van der Waals surface area contributed by atoms with Crippen molar-refractivity contribution in [1.29, 1.82) is 0 Å². The quantitative estimate of drug-likeness (QED) is 0.0820. The number of amides is 4. The van der Waals surface area contributed by atoms with Crippen LogP contribution in [0.2, 0.25) is 0 Å². The lowest BCUT2D eigenvalue weighted by molar-refractivity contribution is -0.123. The van der Waals surface area contributed by atoms with Gasteiger partial charge in [-0.3, -0.25) is 19.2 Å². The minimum atomic E-state index is -0.895. The minimum Gasteiger partial charge on any atom is -0.343 e. The molecule has 4 amide bonds. The number of nitrogens with one attached hydrogen (secondary N) is 4. The van der Waals surface area contributed by atoms with Crippen molar-refractivity contribution in [1.82, 2.24) is 21.3 Å². The van der Waals surface area contributed by atoms with Gasteiger partial charge in [-0.25, -0.2) is 0 Å². The molecular formula is C56H48N4O4P2. The molecule has 0 heterocycles. The molecular weight excluding hydrogens is 855 g/mol. The lowest BCUT2D eigenvalue weighted by Gasteiger charge is -2.20. The third kappa shape index (κ3) is 12.6. The van der Waals surface area contributed by atoms with Gasteiger partial charge in [0.05, 0.1) is 13.1 Å². The molecule has 0 aliphatic carbocycles. The molecule has 0 radical (unpaired) electrons. The third-order valence-corrected chi connectivity index (χ3v) is 15.2. The highest BCUT2D eigenvalue weighted by Gasteiger charge is 2.22. The zero-order valence-electron chi connectivity index (χ0n) is 36.6. The number of hydrogen-bond donors (Lipinski definition) is 4. The summed E-state index contributed by atoms with van der Waals surface area (Å²) in [5, 5.41) is 18.0. The van der Waals surface area contributed by atoms with Crippen LogP contribution in [-0.2, 0) is 9.59 Å². The Hall–Kier alpha value is -7.60. The molecule has 0 bridgehead atoms. The summed E-state index contributed by atoms with van der Waals surface area (Å²) in [5.41, 5.74) is 2.26. The van der Waals surface area contributed by atoms with Crippen molar-refractivity contribution >= 4 is 71.3 Å². The molecule has 0 unspecified atom stereocenters. The van der Waals surface area contributed by atoms with Crippen molar-refractivity contribution in [2.45, 2.75) is 25.9 Å². The molecule has 326 valence electrons. The Morgan fingerprint density at radius 2 is 0.712 bits per heavy atom. The Bertz CT molecular complexity index is 2630. The summed E-state index contributed by atoms with van der Waals surface area (Å²) >= 11 is 0. The minimum absolute atomic E-state index is 0.0558. The maximum Gasteiger partial charge on any atom is 0.251 e. The Balaban J connectivity index is 0.891. The summed E-state index contributed by atoms with van der Waals surface area (Å²) in [6, 6.07) is 61.9. The number of rotatable bonds is 14. The lowest BCUT2D eigenvalue weighted by atomic mass is 10.1. The molecule has 4 N–H and O–H groups in total. The zero-order chi connectivity index (χ0) is 46.1. The second kappa shape index (κ2) is 23.4. The van der Waals surface area contributed by atoms with Gasteiger partial charge in [-0.05, 0) is 97.9 Å². The first-order chi connectivity index (χ1) is 32.2. The molecule has 0 aliphatic rings. The molecule has 0 aromatic heterocycles. The predicted octanol–water partition coefficient (Wildman–Crippen LogP) is 5.78. The topological polar surface area (TPSA) is 116 Å². The molecule has 8 nitrogen and oxygen atoms in total. The van der Waals surface area contributed by atoms with Crippen molar-refractivity contribution in [3.8, 4) is 23.7 Å². The van der Waals surface area contributed by atoms with Crippen LogP contribution in [0.5, 0.6) is 0 Å². The molecule has 0 saturated carbocycles. The van der Waals surface area contributed by atoms with E-state index in [2.05, 4.69) is 93.5 Å². The monoisotopic (exact) mass is 902 g/mol. The molecule has 2 atom stereocenters. The fourth-order valence-corrected chi connectivity index (χ4v) is 11.7. The van der Waals surface area contributed by atoms with E-state index in [0.717, 1.165) is 10.6 Å². The zero-order valence-corrected chi connectivity index (χ0v) is 38.4. The van der Waals surface area contributed by atoms with Gasteiger partial charge in [-0.2, -0.15) is 0 Å². The first-order valence-corrected chi connectivity index (χ1v) is 24.2. The van der Waals surface area contributed by atoms with E-state index in [4.69, 9.17) is 0 Å². The summed E-state index contributed by atoms with van der Waals surface area (Å²) in [5.74, 6) is 10.7. The van der Waals surface area contributed by atoms with Crippen molar-refractivity contribution in [2.75, 3.05) is 13.1 Å². The molecule has 0 saturated heterocycles. The number of carbonyl (C=O) groups excluding carboxylic acids is 4. The molecule has 7 aromatic rings. The smallest absolute Gasteiger partial charge is 0.251 e. The van der Waals surface area contributed by atoms with E-state index in [1.807, 2.05) is 133 Å². The van der Waals surface area contributed by atoms with Crippen LogP contribution in [0.3, 0.4) is 0 Å². The summed E-state index contributed by atoms with van der Waals surface area (Å²) < 4.78 is 0. The van der Waals surface area contributed by atoms with Crippen LogP contribution in [0.1, 0.15) is 45.7 Å². The second-order valence-corrected chi connectivity index (χ2v) is 19.5. The molecule has 0 fully saturated rings. The summed E-state index contributed by atoms with van der Waals surface area (Å²) in [7, 11) is -1.79. The van der Waals surface area contributed by atoms with E-state index in [0.29, 0.717) is 22.3 Å². The van der Waals surface area contributed by atoms with Gasteiger partial charge in [0.2, 0.25) is 11.8 Å². The van der Waals surface area contributed by atoms with Crippen LogP contribution in [0.15, 0.2) is 194 Å². The van der Waals surface area contributed by atoms with Gasteiger partial charge in [0.15, 0.2) is 0 Å². The van der Waals surface area contributed by atoms with Gasteiger partial charge in [0.1, 0.15) is 12.1 Å². The highest BCUT2D eigenvalue weighted by Crippen LogP contribution is 2.34. The first kappa shape index (κ1) is 46.4. The van der Waals surface area contributed by atoms with E-state index >= 15 is 0 Å². The van der Waals surface area contributed by atoms with Gasteiger partial charge in [-0.15, -0.1) is 0 Å². The predicted molar refractivity (Wildman–Crippen MR) is 270 cm³/mol. The highest BCUT2D eigenvalue weighted by molar-refractivity contribution is 7.80. The third-order valence-electron chi connectivity index (χ3n) is 10.3. The standard InChI is InChI=1S/C56H48N4O4P2/c1-41(59-55(63)45-23-17-35-51(39-45)65(47-27-7-3-8-28-47)48-29-9-4-10-30-48)53(61)57-37-19-25-43-21-15-16-22-44(43)26-20-38-58-54(62)42(2)60-56(64)46-24-18-36-52(40-46)66(49-31-11-5-12-32-49)50-33-13-6-14-34-50/h3-18,21-24,27-36,39-42H,37-38H2,1-2H3,(H,57,61)(H,58,62)(H,59,63)(H,60,64)/t41-,42-/m0/s1. The largest absolute Gasteiger partial charge is 0.343 e. The molecule has 0 aliphatic heterocycles. The first-order valence-electron chi connectivity index (χ1n) is 21.5. The van der Waals surface area contributed by atoms with E-state index < -0.39 is 27.9 Å². The van der Waals surface area contributed by atoms with Crippen LogP contribution in [0.25, 0.3) is 0 Å². The van der Waals surface area contributed by atoms with E-state index in [9.17, 15) is 19.2 Å². The van der Waals surface area contributed by atoms with Gasteiger partial charge >= 0.3 is 0 Å². The number of carbonyl (C=O) groups is 4. The normalized spacial score (nSPS) is 11.5. The number of hydrogen-bond acceptors (Lipinski definition) is 4. The maximum atomic E-state index is 13.4. The Morgan fingerprint density at radius 1 is 0.409 bits per heavy atom. The number of benzene rings is 7. The molecule has 66 heavy (non-hydrogen) atoms. The maximum absolute atomic E-state index is 13.4. The Kier molecular flexibility index (Phi) is 16.4. The van der Waals surface area contributed by atoms with Crippen LogP contribution in [0, 0.1) is 23.7 Å². The van der Waals surface area contributed by atoms with Crippen LogP contribution >= 0.6 is 15.8 Å². The summed E-state index contributed by atoms with van der Waals surface area (Å²) in [6.45, 7) is 3.38. The van der Waals surface area contributed by atoms with Gasteiger partial charge < -0.3 is 21.3 Å². The fourth-order valence-electron chi connectivity index (χ4n) is 7.01.